The van der Waals surface area contributed by atoms with Crippen molar-refractivity contribution in [1.29, 1.82) is 0 Å². The molecule has 1 aromatic rings. The molecule has 18 heavy (non-hydrogen) atoms. The van der Waals surface area contributed by atoms with Crippen LogP contribution in [0.4, 0.5) is 4.39 Å². The number of thiol groups is 1. The lowest BCUT2D eigenvalue weighted by Crippen LogP contribution is -2.30. The van der Waals surface area contributed by atoms with Crippen LogP contribution in [-0.4, -0.2) is 23.9 Å². The molecule has 2 fully saturated rings. The van der Waals surface area contributed by atoms with Gasteiger partial charge < -0.3 is 4.90 Å². The van der Waals surface area contributed by atoms with Gasteiger partial charge in [-0.25, -0.2) is 4.39 Å². The molecule has 1 saturated carbocycles. The maximum absolute atomic E-state index is 13.7. The molecule has 0 spiro atoms. The van der Waals surface area contributed by atoms with Crippen LogP contribution < -0.4 is 0 Å². The van der Waals surface area contributed by atoms with E-state index in [0.717, 1.165) is 13.1 Å². The number of hydrogen-bond donors (Lipinski definition) is 1. The third-order valence-corrected chi connectivity index (χ3v) is 4.47. The maximum Gasteiger partial charge on any atom is 0.256 e. The van der Waals surface area contributed by atoms with Crippen molar-refractivity contribution in [3.8, 4) is 0 Å². The van der Waals surface area contributed by atoms with E-state index in [1.165, 1.54) is 31.4 Å². The summed E-state index contributed by atoms with van der Waals surface area (Å²) >= 11 is 4.17. The summed E-state index contributed by atoms with van der Waals surface area (Å²) in [4.78, 5) is 14.7. The molecule has 2 aliphatic rings. The minimum absolute atomic E-state index is 0.155. The molecule has 4 heteroatoms. The van der Waals surface area contributed by atoms with Crippen LogP contribution in [0.5, 0.6) is 0 Å². The summed E-state index contributed by atoms with van der Waals surface area (Å²) in [6, 6.07) is 4.40. The highest BCUT2D eigenvalue weighted by atomic mass is 32.1. The van der Waals surface area contributed by atoms with E-state index >= 15 is 0 Å². The Hall–Kier alpha value is -1.03. The number of hydrogen-bond acceptors (Lipinski definition) is 2. The number of likely N-dealkylation sites (tertiary alicyclic amines) is 1. The molecule has 1 amide bonds. The Morgan fingerprint density at radius 1 is 1.28 bits per heavy atom. The van der Waals surface area contributed by atoms with Crippen molar-refractivity contribution in [3.05, 3.63) is 29.6 Å². The first-order chi connectivity index (χ1) is 8.65. The van der Waals surface area contributed by atoms with Crippen molar-refractivity contribution in [2.45, 2.75) is 24.2 Å². The average molecular weight is 265 g/mol. The van der Waals surface area contributed by atoms with Crippen molar-refractivity contribution >= 4 is 18.5 Å². The zero-order chi connectivity index (χ0) is 12.7. The van der Waals surface area contributed by atoms with Gasteiger partial charge in [-0.05, 0) is 42.9 Å². The Kier molecular flexibility index (Phi) is 3.06. The highest BCUT2D eigenvalue weighted by Crippen LogP contribution is 2.38. The van der Waals surface area contributed by atoms with E-state index < -0.39 is 5.82 Å². The zero-order valence-corrected chi connectivity index (χ0v) is 11.0. The third kappa shape index (κ3) is 2.03. The third-order valence-electron chi connectivity index (χ3n) is 4.19. The number of amides is 1. The largest absolute Gasteiger partial charge is 0.338 e. The summed E-state index contributed by atoms with van der Waals surface area (Å²) in [5, 5.41) is 0. The van der Waals surface area contributed by atoms with Gasteiger partial charge in [0.25, 0.3) is 5.91 Å². The van der Waals surface area contributed by atoms with Crippen LogP contribution >= 0.6 is 12.6 Å². The molecule has 3 rings (SSSR count). The van der Waals surface area contributed by atoms with Gasteiger partial charge in [0.2, 0.25) is 0 Å². The first kappa shape index (κ1) is 12.0. The topological polar surface area (TPSA) is 20.3 Å². The summed E-state index contributed by atoms with van der Waals surface area (Å²) in [6.45, 7) is 1.58. The highest BCUT2D eigenvalue weighted by Gasteiger charge is 2.38. The van der Waals surface area contributed by atoms with Gasteiger partial charge in [-0.2, -0.15) is 0 Å². The summed E-state index contributed by atoms with van der Waals surface area (Å²) in [5.74, 6) is 0.639. The summed E-state index contributed by atoms with van der Waals surface area (Å²) in [5.41, 5.74) is 0.155. The van der Waals surface area contributed by atoms with E-state index in [9.17, 15) is 9.18 Å². The van der Waals surface area contributed by atoms with Gasteiger partial charge in [0.15, 0.2) is 0 Å². The van der Waals surface area contributed by atoms with Crippen LogP contribution in [0.25, 0.3) is 0 Å². The average Bonchev–Trinajstić information content (AvgIpc) is 2.91. The normalized spacial score (nSPS) is 26.4. The van der Waals surface area contributed by atoms with Crippen LogP contribution in [0.1, 0.15) is 29.6 Å². The zero-order valence-electron chi connectivity index (χ0n) is 10.1. The highest BCUT2D eigenvalue weighted by molar-refractivity contribution is 7.80. The smallest absolute Gasteiger partial charge is 0.256 e. The van der Waals surface area contributed by atoms with Crippen molar-refractivity contribution in [1.82, 2.24) is 4.90 Å². The van der Waals surface area contributed by atoms with Gasteiger partial charge in [0.1, 0.15) is 5.82 Å². The molecule has 1 aromatic carbocycles. The predicted octanol–water partition coefficient (Wildman–Crippen LogP) is 2.99. The van der Waals surface area contributed by atoms with Gasteiger partial charge in [-0.3, -0.25) is 4.79 Å². The molecule has 96 valence electrons. The van der Waals surface area contributed by atoms with Crippen molar-refractivity contribution in [3.63, 3.8) is 0 Å². The Labute approximate surface area is 112 Å². The van der Waals surface area contributed by atoms with Gasteiger partial charge in [-0.1, -0.05) is 6.42 Å². The fraction of sp³-hybridized carbons (Fsp3) is 0.500. The van der Waals surface area contributed by atoms with E-state index in [0.29, 0.717) is 16.7 Å². The molecule has 0 radical (unpaired) electrons. The monoisotopic (exact) mass is 265 g/mol. The number of nitrogens with zero attached hydrogens (tertiary/aromatic N) is 1. The van der Waals surface area contributed by atoms with Crippen molar-refractivity contribution < 1.29 is 9.18 Å². The molecule has 2 unspecified atom stereocenters. The minimum atomic E-state index is -0.449. The molecular weight excluding hydrogens is 249 g/mol. The number of carbonyl (C=O) groups excluding carboxylic acids is 1. The molecule has 0 aromatic heterocycles. The SMILES string of the molecule is O=C(c1cc(S)ccc1F)N1CC2CCCC2C1. The van der Waals surface area contributed by atoms with Crippen molar-refractivity contribution in [2.75, 3.05) is 13.1 Å². The van der Waals surface area contributed by atoms with E-state index in [4.69, 9.17) is 0 Å². The Balaban J connectivity index is 1.81. The molecule has 1 heterocycles. The number of carbonyl (C=O) groups is 1. The Bertz CT molecular complexity index is 479. The fourth-order valence-electron chi connectivity index (χ4n) is 3.25. The van der Waals surface area contributed by atoms with Gasteiger partial charge in [-0.15, -0.1) is 12.6 Å². The lowest BCUT2D eigenvalue weighted by molar-refractivity contribution is 0.0775. The lowest BCUT2D eigenvalue weighted by atomic mass is 10.0. The van der Waals surface area contributed by atoms with Gasteiger partial charge >= 0.3 is 0 Å². The summed E-state index contributed by atoms with van der Waals surface area (Å²) < 4.78 is 13.7. The van der Waals surface area contributed by atoms with E-state index in [1.54, 1.807) is 11.0 Å². The Morgan fingerprint density at radius 2 is 1.94 bits per heavy atom. The van der Waals surface area contributed by atoms with Crippen molar-refractivity contribution in [2.24, 2.45) is 11.8 Å². The molecule has 1 saturated heterocycles. The second-order valence-corrected chi connectivity index (χ2v) is 5.84. The molecule has 2 atom stereocenters. The predicted molar refractivity (Wildman–Crippen MR) is 70.4 cm³/mol. The van der Waals surface area contributed by atoms with Crippen LogP contribution in [0.15, 0.2) is 23.1 Å². The first-order valence-electron chi connectivity index (χ1n) is 6.43. The van der Waals surface area contributed by atoms with Crippen LogP contribution in [0.3, 0.4) is 0 Å². The standard InChI is InChI=1S/C14H16FNOS/c15-13-5-4-11(18)6-12(13)14(17)16-7-9-2-1-3-10(9)8-16/h4-6,9-10,18H,1-3,7-8H2. The molecule has 0 bridgehead atoms. The number of halogens is 1. The Morgan fingerprint density at radius 3 is 2.61 bits per heavy atom. The van der Waals surface area contributed by atoms with Gasteiger partial charge in [0.05, 0.1) is 5.56 Å². The van der Waals surface area contributed by atoms with E-state index in [1.807, 2.05) is 0 Å². The number of rotatable bonds is 1. The molecule has 0 N–H and O–H groups in total. The van der Waals surface area contributed by atoms with E-state index in [-0.39, 0.29) is 11.5 Å². The molecule has 1 aliphatic carbocycles. The summed E-state index contributed by atoms with van der Waals surface area (Å²) in [7, 11) is 0. The van der Waals surface area contributed by atoms with E-state index in [2.05, 4.69) is 12.6 Å². The minimum Gasteiger partial charge on any atom is -0.338 e. The number of benzene rings is 1. The molecule has 1 aliphatic heterocycles. The van der Waals surface area contributed by atoms with Crippen LogP contribution in [0, 0.1) is 17.7 Å². The molecular formula is C14H16FNOS. The summed E-state index contributed by atoms with van der Waals surface area (Å²) in [6.07, 6.45) is 3.70. The lowest BCUT2D eigenvalue weighted by Gasteiger charge is -2.17. The molecule has 2 nitrogen and oxygen atoms in total. The maximum atomic E-state index is 13.7. The first-order valence-corrected chi connectivity index (χ1v) is 6.87. The second kappa shape index (κ2) is 4.57. The quantitative estimate of drug-likeness (QED) is 0.774. The van der Waals surface area contributed by atoms with Crippen LogP contribution in [-0.2, 0) is 0 Å². The van der Waals surface area contributed by atoms with Crippen LogP contribution in [0.2, 0.25) is 0 Å². The fourth-order valence-corrected chi connectivity index (χ4v) is 3.45. The van der Waals surface area contributed by atoms with Gasteiger partial charge in [0, 0.05) is 18.0 Å². The second-order valence-electron chi connectivity index (χ2n) is 5.33. The number of fused-ring (bicyclic) bond motifs is 1.